The predicted molar refractivity (Wildman–Crippen MR) is 57.2 cm³/mol. The van der Waals surface area contributed by atoms with Gasteiger partial charge in [-0.05, 0) is 12.1 Å². The van der Waals surface area contributed by atoms with Gasteiger partial charge in [-0.25, -0.2) is 0 Å². The molecule has 0 aliphatic rings. The van der Waals surface area contributed by atoms with E-state index in [9.17, 15) is 0 Å². The van der Waals surface area contributed by atoms with Crippen LogP contribution in [0.25, 0.3) is 0 Å². The van der Waals surface area contributed by atoms with Gasteiger partial charge in [-0.3, -0.25) is 4.98 Å². The quantitative estimate of drug-likeness (QED) is 0.337. The maximum absolute atomic E-state index is 4.02. The van der Waals surface area contributed by atoms with Crippen molar-refractivity contribution in [3.63, 3.8) is 0 Å². The average molecular weight is 195 g/mol. The van der Waals surface area contributed by atoms with Crippen molar-refractivity contribution in [2.45, 2.75) is 6.42 Å². The standard InChI is InChI=1S/C9H9NS2/c11-12-7-2-1-4-9-5-3-6-10-8-9/h3,5-6,8,11H,2,7H2. The van der Waals surface area contributed by atoms with E-state index in [1.165, 1.54) is 10.8 Å². The van der Waals surface area contributed by atoms with E-state index in [0.29, 0.717) is 0 Å². The second-order valence-electron chi connectivity index (χ2n) is 2.13. The molecule has 0 unspecified atom stereocenters. The third kappa shape index (κ3) is 3.70. The number of pyridine rings is 1. The molecule has 1 aromatic rings. The molecule has 1 heterocycles. The number of hydrogen-bond acceptors (Lipinski definition) is 3. The van der Waals surface area contributed by atoms with Crippen LogP contribution >= 0.6 is 22.5 Å². The van der Waals surface area contributed by atoms with E-state index in [0.717, 1.165) is 17.7 Å². The monoisotopic (exact) mass is 195 g/mol. The van der Waals surface area contributed by atoms with Gasteiger partial charge in [0.15, 0.2) is 0 Å². The molecule has 0 amide bonds. The van der Waals surface area contributed by atoms with E-state index in [-0.39, 0.29) is 0 Å². The summed E-state index contributed by atoms with van der Waals surface area (Å²) in [5.74, 6) is 7.03. The highest BCUT2D eigenvalue weighted by molar-refractivity contribution is 8.68. The molecule has 1 rings (SSSR count). The van der Waals surface area contributed by atoms with Gasteiger partial charge in [-0.15, -0.1) is 11.7 Å². The molecular weight excluding hydrogens is 186 g/mol. The molecule has 12 heavy (non-hydrogen) atoms. The number of aromatic nitrogens is 1. The Labute approximate surface area is 81.8 Å². The Morgan fingerprint density at radius 1 is 1.58 bits per heavy atom. The molecule has 0 aliphatic heterocycles. The first-order valence-electron chi connectivity index (χ1n) is 3.59. The zero-order valence-electron chi connectivity index (χ0n) is 6.53. The van der Waals surface area contributed by atoms with Crippen LogP contribution < -0.4 is 0 Å². The minimum atomic E-state index is 0.878. The Bertz CT molecular complexity index is 274. The normalized spacial score (nSPS) is 8.75. The van der Waals surface area contributed by atoms with Gasteiger partial charge < -0.3 is 0 Å². The average Bonchev–Trinajstić information content (AvgIpc) is 2.14. The van der Waals surface area contributed by atoms with Crippen molar-refractivity contribution in [3.05, 3.63) is 30.1 Å². The lowest BCUT2D eigenvalue weighted by Crippen LogP contribution is -1.75. The minimum Gasteiger partial charge on any atom is -0.263 e. The summed E-state index contributed by atoms with van der Waals surface area (Å²) >= 11 is 4.02. The summed E-state index contributed by atoms with van der Waals surface area (Å²) in [5.41, 5.74) is 0.974. The Morgan fingerprint density at radius 2 is 2.50 bits per heavy atom. The summed E-state index contributed by atoms with van der Waals surface area (Å²) in [6, 6.07) is 3.84. The summed E-state index contributed by atoms with van der Waals surface area (Å²) in [6.45, 7) is 0. The molecule has 0 N–H and O–H groups in total. The van der Waals surface area contributed by atoms with Crippen molar-refractivity contribution >= 4 is 22.5 Å². The maximum Gasteiger partial charge on any atom is 0.0428 e. The van der Waals surface area contributed by atoms with E-state index in [1.807, 2.05) is 12.1 Å². The van der Waals surface area contributed by atoms with Gasteiger partial charge in [0.2, 0.25) is 0 Å². The maximum atomic E-state index is 4.02. The zero-order valence-corrected chi connectivity index (χ0v) is 8.24. The van der Waals surface area contributed by atoms with Gasteiger partial charge in [0.1, 0.15) is 0 Å². The van der Waals surface area contributed by atoms with E-state index >= 15 is 0 Å². The molecule has 0 atom stereocenters. The lowest BCUT2D eigenvalue weighted by Gasteiger charge is -1.86. The Kier molecular flexibility index (Phi) is 4.74. The van der Waals surface area contributed by atoms with Gasteiger partial charge in [0.25, 0.3) is 0 Å². The first kappa shape index (κ1) is 9.50. The molecule has 62 valence electrons. The van der Waals surface area contributed by atoms with Crippen LogP contribution in [0.15, 0.2) is 24.5 Å². The summed E-state index contributed by atoms with van der Waals surface area (Å²) < 4.78 is 0. The van der Waals surface area contributed by atoms with Crippen LogP contribution in [0.2, 0.25) is 0 Å². The number of rotatable bonds is 2. The molecule has 0 saturated heterocycles. The largest absolute Gasteiger partial charge is 0.263 e. The van der Waals surface area contributed by atoms with Gasteiger partial charge in [0.05, 0.1) is 0 Å². The summed E-state index contributed by atoms with van der Waals surface area (Å²) in [7, 11) is 1.51. The molecule has 3 heteroatoms. The second kappa shape index (κ2) is 5.99. The highest BCUT2D eigenvalue weighted by atomic mass is 33.1. The van der Waals surface area contributed by atoms with Crippen LogP contribution in [-0.2, 0) is 0 Å². The van der Waals surface area contributed by atoms with Crippen LogP contribution in [0, 0.1) is 11.8 Å². The number of hydrogen-bond donors (Lipinski definition) is 1. The van der Waals surface area contributed by atoms with Gasteiger partial charge in [-0.2, -0.15) is 0 Å². The van der Waals surface area contributed by atoms with Crippen molar-refractivity contribution in [2.24, 2.45) is 0 Å². The van der Waals surface area contributed by atoms with Crippen LogP contribution in [0.4, 0.5) is 0 Å². The number of thiol groups is 1. The van der Waals surface area contributed by atoms with Crippen molar-refractivity contribution in [1.29, 1.82) is 0 Å². The molecule has 0 fully saturated rings. The molecular formula is C9H9NS2. The fourth-order valence-electron chi connectivity index (χ4n) is 0.698. The molecule has 0 radical (unpaired) electrons. The van der Waals surface area contributed by atoms with E-state index in [2.05, 4.69) is 28.5 Å². The molecule has 1 aromatic heterocycles. The Balaban J connectivity index is 2.44. The van der Waals surface area contributed by atoms with Gasteiger partial charge >= 0.3 is 0 Å². The first-order valence-corrected chi connectivity index (χ1v) is 5.62. The van der Waals surface area contributed by atoms with E-state index in [1.54, 1.807) is 12.4 Å². The van der Waals surface area contributed by atoms with Crippen LogP contribution in [0.1, 0.15) is 12.0 Å². The SMILES string of the molecule is SSCCC#Cc1cccnc1. The zero-order chi connectivity index (χ0) is 8.65. The van der Waals surface area contributed by atoms with Crippen molar-refractivity contribution < 1.29 is 0 Å². The fourth-order valence-corrected chi connectivity index (χ4v) is 1.17. The summed E-state index contributed by atoms with van der Waals surface area (Å²) in [4.78, 5) is 3.96. The fraction of sp³-hybridized carbons (Fsp3) is 0.222. The minimum absolute atomic E-state index is 0.878. The summed E-state index contributed by atoms with van der Waals surface area (Å²) in [6.07, 6.45) is 4.39. The van der Waals surface area contributed by atoms with Crippen molar-refractivity contribution in [1.82, 2.24) is 4.98 Å². The third-order valence-corrected chi connectivity index (χ3v) is 2.15. The van der Waals surface area contributed by atoms with Crippen molar-refractivity contribution in [2.75, 3.05) is 5.75 Å². The second-order valence-corrected chi connectivity index (χ2v) is 3.57. The smallest absolute Gasteiger partial charge is 0.0428 e. The van der Waals surface area contributed by atoms with Crippen LogP contribution in [-0.4, -0.2) is 10.7 Å². The van der Waals surface area contributed by atoms with Crippen molar-refractivity contribution in [3.8, 4) is 11.8 Å². The predicted octanol–water partition coefficient (Wildman–Crippen LogP) is 2.40. The van der Waals surface area contributed by atoms with E-state index in [4.69, 9.17) is 0 Å². The Hall–Kier alpha value is -0.590. The lowest BCUT2D eigenvalue weighted by molar-refractivity contribution is 1.29. The van der Waals surface area contributed by atoms with Crippen LogP contribution in [0.3, 0.4) is 0 Å². The van der Waals surface area contributed by atoms with Gasteiger partial charge in [-0.1, -0.05) is 22.6 Å². The molecule has 0 bridgehead atoms. The van der Waals surface area contributed by atoms with Crippen LogP contribution in [0.5, 0.6) is 0 Å². The highest BCUT2D eigenvalue weighted by Gasteiger charge is 1.82. The third-order valence-electron chi connectivity index (χ3n) is 1.21. The topological polar surface area (TPSA) is 12.9 Å². The Morgan fingerprint density at radius 3 is 3.17 bits per heavy atom. The molecule has 0 spiro atoms. The summed E-state index contributed by atoms with van der Waals surface area (Å²) in [5, 5.41) is 0. The number of nitrogens with zero attached hydrogens (tertiary/aromatic N) is 1. The first-order chi connectivity index (χ1) is 5.93. The lowest BCUT2D eigenvalue weighted by atomic mass is 10.3. The molecule has 0 aliphatic carbocycles. The van der Waals surface area contributed by atoms with Gasteiger partial charge in [0, 0.05) is 30.1 Å². The van der Waals surface area contributed by atoms with E-state index < -0.39 is 0 Å². The molecule has 0 saturated carbocycles. The molecule has 0 aromatic carbocycles. The molecule has 1 nitrogen and oxygen atoms in total. The highest BCUT2D eigenvalue weighted by Crippen LogP contribution is 2.05.